The smallest absolute Gasteiger partial charge is 0.280 e. The van der Waals surface area contributed by atoms with Crippen LogP contribution in [0.25, 0.3) is 0 Å². The van der Waals surface area contributed by atoms with Crippen LogP contribution in [0.15, 0.2) is 9.97 Å². The summed E-state index contributed by atoms with van der Waals surface area (Å²) in [6.07, 6.45) is 0. The Labute approximate surface area is 72.4 Å². The highest BCUT2D eigenvalue weighted by Gasteiger charge is 2.13. The lowest BCUT2D eigenvalue weighted by Gasteiger charge is -2.00. The molecule has 0 radical (unpaired) electrons. The van der Waals surface area contributed by atoms with Crippen molar-refractivity contribution >= 4 is 5.69 Å². The first-order valence-electron chi connectivity index (χ1n) is 3.31. The number of rotatable bonds is 1. The first-order valence-corrected chi connectivity index (χ1v) is 3.31. The van der Waals surface area contributed by atoms with Crippen molar-refractivity contribution in [1.29, 1.82) is 5.26 Å². The predicted octanol–water partition coefficient (Wildman–Crippen LogP) is 0.658. The molecule has 6 nitrogen and oxygen atoms in total. The van der Waals surface area contributed by atoms with Crippen LogP contribution in [-0.2, 0) is 0 Å². The Bertz CT molecular complexity index is 455. The van der Waals surface area contributed by atoms with Gasteiger partial charge in [-0.1, -0.05) is 0 Å². The van der Waals surface area contributed by atoms with Crippen LogP contribution in [0.3, 0.4) is 0 Å². The third-order valence-electron chi connectivity index (χ3n) is 1.62. The zero-order chi connectivity index (χ0) is 10.0. The molecule has 0 unspecified atom stereocenters. The Hall–Kier alpha value is -2.16. The molecular formula is C7H5N3O3. The van der Waals surface area contributed by atoms with Gasteiger partial charge in [-0.15, -0.1) is 4.91 Å². The van der Waals surface area contributed by atoms with Crippen LogP contribution in [0.2, 0.25) is 0 Å². The van der Waals surface area contributed by atoms with Crippen LogP contribution in [0, 0.1) is 23.2 Å². The van der Waals surface area contributed by atoms with Crippen molar-refractivity contribution in [2.75, 3.05) is 0 Å². The fraction of sp³-hybridized carbons (Fsp3) is 0.143. The second-order valence-electron chi connectivity index (χ2n) is 2.35. The van der Waals surface area contributed by atoms with Crippen LogP contribution >= 0.6 is 0 Å². The molecule has 0 saturated carbocycles. The number of nitriles is 1. The van der Waals surface area contributed by atoms with Crippen LogP contribution in [0.1, 0.15) is 11.1 Å². The molecule has 0 saturated heterocycles. The summed E-state index contributed by atoms with van der Waals surface area (Å²) in [4.78, 5) is 23.0. The van der Waals surface area contributed by atoms with E-state index in [2.05, 4.69) is 5.18 Å². The number of aromatic amines is 1. The maximum absolute atomic E-state index is 10.9. The lowest BCUT2D eigenvalue weighted by Crippen LogP contribution is -2.07. The van der Waals surface area contributed by atoms with Crippen molar-refractivity contribution in [1.82, 2.24) is 4.98 Å². The summed E-state index contributed by atoms with van der Waals surface area (Å²) in [6.45, 7) is 1.37. The van der Waals surface area contributed by atoms with Crippen molar-refractivity contribution in [3.05, 3.63) is 26.4 Å². The summed E-state index contributed by atoms with van der Waals surface area (Å²) < 4.78 is 0. The third-order valence-corrected chi connectivity index (χ3v) is 1.62. The molecule has 0 bridgehead atoms. The van der Waals surface area contributed by atoms with E-state index in [1.165, 1.54) is 6.92 Å². The van der Waals surface area contributed by atoms with E-state index in [9.17, 15) is 9.70 Å². The van der Waals surface area contributed by atoms with Crippen molar-refractivity contribution in [3.8, 4) is 11.9 Å². The topological polar surface area (TPSA) is 106 Å². The molecule has 2 N–H and O–H groups in total. The first kappa shape index (κ1) is 8.93. The number of pyridine rings is 1. The number of H-pyrrole nitrogens is 1. The number of nitroso groups, excluding NO2 is 1. The minimum atomic E-state index is -0.802. The Balaban J connectivity index is 3.70. The quantitative estimate of drug-likeness (QED) is 0.617. The normalized spacial score (nSPS) is 9.23. The van der Waals surface area contributed by atoms with Gasteiger partial charge in [0.15, 0.2) is 5.69 Å². The van der Waals surface area contributed by atoms with E-state index in [1.807, 2.05) is 4.98 Å². The fourth-order valence-electron chi connectivity index (χ4n) is 0.942. The molecule has 1 aromatic rings. The van der Waals surface area contributed by atoms with E-state index in [4.69, 9.17) is 10.4 Å². The van der Waals surface area contributed by atoms with Crippen LogP contribution in [-0.4, -0.2) is 10.1 Å². The average Bonchev–Trinajstić information content (AvgIpc) is 2.04. The van der Waals surface area contributed by atoms with Gasteiger partial charge in [0.05, 0.1) is 0 Å². The highest BCUT2D eigenvalue weighted by Crippen LogP contribution is 2.21. The molecule has 0 amide bonds. The second kappa shape index (κ2) is 3.06. The molecule has 0 fully saturated rings. The molecule has 0 aliphatic heterocycles. The Morgan fingerprint density at radius 3 is 2.69 bits per heavy atom. The van der Waals surface area contributed by atoms with Crippen molar-refractivity contribution in [2.24, 2.45) is 5.18 Å². The monoisotopic (exact) mass is 179 g/mol. The number of aromatic nitrogens is 1. The van der Waals surface area contributed by atoms with Gasteiger partial charge in [-0.2, -0.15) is 5.26 Å². The summed E-state index contributed by atoms with van der Waals surface area (Å²) in [5.74, 6) is -0.544. The minimum Gasteiger partial charge on any atom is -0.494 e. The standard InChI is InChI=1S/C7H5N3O3/c1-3-4(2-8)6(11)9-7(12)5(3)10-13/h1H3,(H2,9,11,12). The molecule has 1 rings (SSSR count). The fourth-order valence-corrected chi connectivity index (χ4v) is 0.942. The lowest BCUT2D eigenvalue weighted by atomic mass is 10.1. The van der Waals surface area contributed by atoms with Gasteiger partial charge in [0, 0.05) is 5.56 Å². The maximum Gasteiger partial charge on any atom is 0.280 e. The molecule has 0 aliphatic carbocycles. The van der Waals surface area contributed by atoms with Gasteiger partial charge in [0.25, 0.3) is 5.56 Å². The Kier molecular flexibility index (Phi) is 2.11. The van der Waals surface area contributed by atoms with Gasteiger partial charge in [-0.3, -0.25) is 9.78 Å². The zero-order valence-electron chi connectivity index (χ0n) is 6.66. The summed E-state index contributed by atoms with van der Waals surface area (Å²) in [6, 6.07) is 1.65. The summed E-state index contributed by atoms with van der Waals surface area (Å²) in [7, 11) is 0. The predicted molar refractivity (Wildman–Crippen MR) is 43.6 cm³/mol. The minimum absolute atomic E-state index is 0.0822. The molecule has 13 heavy (non-hydrogen) atoms. The van der Waals surface area contributed by atoms with Gasteiger partial charge < -0.3 is 5.11 Å². The van der Waals surface area contributed by atoms with Gasteiger partial charge in [-0.05, 0) is 12.1 Å². The molecule has 0 aliphatic rings. The second-order valence-corrected chi connectivity index (χ2v) is 2.35. The largest absolute Gasteiger partial charge is 0.494 e. The highest BCUT2D eigenvalue weighted by molar-refractivity contribution is 5.55. The number of hydrogen-bond donors (Lipinski definition) is 2. The number of nitrogens with one attached hydrogen (secondary N) is 1. The van der Waals surface area contributed by atoms with Crippen molar-refractivity contribution < 1.29 is 5.11 Å². The van der Waals surface area contributed by atoms with Crippen molar-refractivity contribution in [2.45, 2.75) is 6.92 Å². The highest BCUT2D eigenvalue weighted by atomic mass is 16.3. The van der Waals surface area contributed by atoms with E-state index < -0.39 is 11.4 Å². The van der Waals surface area contributed by atoms with E-state index >= 15 is 0 Å². The lowest BCUT2D eigenvalue weighted by molar-refractivity contribution is 0.449. The molecule has 66 valence electrons. The molecule has 0 atom stereocenters. The summed E-state index contributed by atoms with van der Waals surface area (Å²) >= 11 is 0. The van der Waals surface area contributed by atoms with E-state index in [-0.39, 0.29) is 16.8 Å². The SMILES string of the molecule is Cc1c(C#N)c(O)[nH]c(=O)c1N=O. The van der Waals surface area contributed by atoms with E-state index in [1.54, 1.807) is 6.07 Å². The van der Waals surface area contributed by atoms with Crippen LogP contribution in [0.4, 0.5) is 5.69 Å². The molecular weight excluding hydrogens is 174 g/mol. The van der Waals surface area contributed by atoms with Gasteiger partial charge in [-0.25, -0.2) is 0 Å². The number of nitrogens with zero attached hydrogens (tertiary/aromatic N) is 2. The van der Waals surface area contributed by atoms with E-state index in [0.717, 1.165) is 0 Å². The molecule has 6 heteroatoms. The first-order chi connectivity index (χ1) is 6.11. The number of aromatic hydroxyl groups is 1. The van der Waals surface area contributed by atoms with E-state index in [0.29, 0.717) is 0 Å². The average molecular weight is 179 g/mol. The molecule has 1 heterocycles. The Morgan fingerprint density at radius 2 is 2.23 bits per heavy atom. The maximum atomic E-state index is 10.9. The van der Waals surface area contributed by atoms with Gasteiger partial charge >= 0.3 is 0 Å². The third kappa shape index (κ3) is 1.27. The Morgan fingerprint density at radius 1 is 1.62 bits per heavy atom. The molecule has 1 aromatic heterocycles. The van der Waals surface area contributed by atoms with Crippen LogP contribution in [0.5, 0.6) is 5.88 Å². The summed E-state index contributed by atoms with van der Waals surface area (Å²) in [5, 5.41) is 20.1. The van der Waals surface area contributed by atoms with Gasteiger partial charge in [0.2, 0.25) is 5.88 Å². The summed E-state index contributed by atoms with van der Waals surface area (Å²) in [5.41, 5.74) is -1.24. The van der Waals surface area contributed by atoms with Gasteiger partial charge in [0.1, 0.15) is 11.6 Å². The van der Waals surface area contributed by atoms with Crippen LogP contribution < -0.4 is 5.56 Å². The number of hydrogen-bond acceptors (Lipinski definition) is 5. The van der Waals surface area contributed by atoms with Crippen molar-refractivity contribution in [3.63, 3.8) is 0 Å². The zero-order valence-corrected chi connectivity index (χ0v) is 6.66. The molecule has 0 spiro atoms. The molecule has 0 aromatic carbocycles.